The molecule has 1 aromatic carbocycles. The summed E-state index contributed by atoms with van der Waals surface area (Å²) < 4.78 is 4.76. The van der Waals surface area contributed by atoms with Crippen LogP contribution in [0.2, 0.25) is 0 Å². The van der Waals surface area contributed by atoms with Crippen molar-refractivity contribution in [3.8, 4) is 5.75 Å². The van der Waals surface area contributed by atoms with Crippen LogP contribution in [0, 0.1) is 0 Å². The van der Waals surface area contributed by atoms with Crippen LogP contribution in [-0.2, 0) is 9.53 Å². The maximum absolute atomic E-state index is 11.7. The number of carbonyl (C=O) groups excluding carboxylic acids is 1. The molecule has 17 heavy (non-hydrogen) atoms. The minimum atomic E-state index is -0.706. The highest BCUT2D eigenvalue weighted by molar-refractivity contribution is 5.78. The van der Waals surface area contributed by atoms with Crippen LogP contribution in [0.4, 0.5) is 0 Å². The molecule has 2 rings (SSSR count). The summed E-state index contributed by atoms with van der Waals surface area (Å²) in [5, 5.41) is 19.3. The lowest BCUT2D eigenvalue weighted by Gasteiger charge is -2.35. The summed E-state index contributed by atoms with van der Waals surface area (Å²) in [6.45, 7) is 0.330. The Kier molecular flexibility index (Phi) is 3.04. The van der Waals surface area contributed by atoms with Crippen molar-refractivity contribution >= 4 is 5.97 Å². The molecule has 0 aliphatic carbocycles. The number of likely N-dealkylation sites (N-methyl/N-ethyl adjacent to an activating group) is 1. The SMILES string of the molecule is COC(=O)C1c2ccc(O)cc2C(O)CN1C. The number of carbonyl (C=O) groups is 1. The summed E-state index contributed by atoms with van der Waals surface area (Å²) >= 11 is 0. The van der Waals surface area contributed by atoms with Crippen molar-refractivity contribution in [3.05, 3.63) is 29.3 Å². The number of benzene rings is 1. The van der Waals surface area contributed by atoms with E-state index >= 15 is 0 Å². The fourth-order valence-corrected chi connectivity index (χ4v) is 2.23. The molecule has 1 heterocycles. The average molecular weight is 237 g/mol. The van der Waals surface area contributed by atoms with E-state index in [1.807, 2.05) is 0 Å². The quantitative estimate of drug-likeness (QED) is 0.699. The second kappa shape index (κ2) is 4.35. The van der Waals surface area contributed by atoms with Gasteiger partial charge in [-0.15, -0.1) is 0 Å². The van der Waals surface area contributed by atoms with Gasteiger partial charge in [0.2, 0.25) is 0 Å². The summed E-state index contributed by atoms with van der Waals surface area (Å²) in [5.74, 6) is -0.290. The van der Waals surface area contributed by atoms with E-state index < -0.39 is 12.1 Å². The molecule has 0 radical (unpaired) electrons. The minimum Gasteiger partial charge on any atom is -0.508 e. The zero-order valence-electron chi connectivity index (χ0n) is 9.75. The number of rotatable bonds is 1. The van der Waals surface area contributed by atoms with Crippen molar-refractivity contribution in [1.29, 1.82) is 0 Å². The van der Waals surface area contributed by atoms with Gasteiger partial charge in [0.05, 0.1) is 13.2 Å². The number of hydrogen-bond acceptors (Lipinski definition) is 5. The summed E-state index contributed by atoms with van der Waals surface area (Å²) in [4.78, 5) is 13.5. The van der Waals surface area contributed by atoms with Crippen LogP contribution in [0.3, 0.4) is 0 Å². The Balaban J connectivity index is 2.50. The number of fused-ring (bicyclic) bond motifs is 1. The molecular weight excluding hydrogens is 222 g/mol. The van der Waals surface area contributed by atoms with Gasteiger partial charge in [-0.25, -0.2) is 4.79 Å². The lowest BCUT2D eigenvalue weighted by molar-refractivity contribution is -0.148. The molecule has 0 spiro atoms. The number of hydrogen-bond donors (Lipinski definition) is 2. The Morgan fingerprint density at radius 3 is 2.82 bits per heavy atom. The molecule has 2 N–H and O–H groups in total. The molecule has 1 aliphatic rings. The first-order valence-corrected chi connectivity index (χ1v) is 5.33. The van der Waals surface area contributed by atoms with Crippen molar-refractivity contribution in [2.75, 3.05) is 20.7 Å². The standard InChI is InChI=1S/C12H15NO4/c1-13-6-10(15)9-5-7(14)3-4-8(9)11(13)12(16)17-2/h3-5,10-11,14-15H,6H2,1-2H3. The number of phenolic OH excluding ortho intramolecular Hbond substituents is 1. The highest BCUT2D eigenvalue weighted by atomic mass is 16.5. The monoisotopic (exact) mass is 237 g/mol. The first-order chi connectivity index (χ1) is 8.04. The molecular formula is C12H15NO4. The summed E-state index contributed by atoms with van der Waals surface area (Å²) in [6, 6.07) is 4.10. The number of aliphatic hydroxyl groups excluding tert-OH is 1. The molecule has 0 saturated carbocycles. The van der Waals surface area contributed by atoms with E-state index in [0.29, 0.717) is 17.7 Å². The number of methoxy groups -OCH3 is 1. The average Bonchev–Trinajstić information content (AvgIpc) is 2.29. The fourth-order valence-electron chi connectivity index (χ4n) is 2.23. The Morgan fingerprint density at radius 2 is 2.18 bits per heavy atom. The summed E-state index contributed by atoms with van der Waals surface area (Å²) in [6.07, 6.45) is -0.706. The minimum absolute atomic E-state index is 0.0796. The van der Waals surface area contributed by atoms with Gasteiger partial charge in [0.1, 0.15) is 11.8 Å². The molecule has 0 saturated heterocycles. The number of ether oxygens (including phenoxy) is 1. The molecule has 1 aromatic rings. The van der Waals surface area contributed by atoms with E-state index in [1.54, 1.807) is 18.0 Å². The smallest absolute Gasteiger partial charge is 0.327 e. The van der Waals surface area contributed by atoms with Crippen LogP contribution >= 0.6 is 0 Å². The number of aliphatic hydroxyl groups is 1. The second-order valence-electron chi connectivity index (χ2n) is 4.19. The normalized spacial score (nSPS) is 24.2. The van der Waals surface area contributed by atoms with Gasteiger partial charge >= 0.3 is 5.97 Å². The van der Waals surface area contributed by atoms with Crippen LogP contribution in [-0.4, -0.2) is 41.8 Å². The molecule has 0 aromatic heterocycles. The highest BCUT2D eigenvalue weighted by Gasteiger charge is 2.35. The van der Waals surface area contributed by atoms with Crippen molar-refractivity contribution in [1.82, 2.24) is 4.90 Å². The lowest BCUT2D eigenvalue weighted by atomic mass is 9.91. The molecule has 92 valence electrons. The van der Waals surface area contributed by atoms with Gasteiger partial charge in [0.25, 0.3) is 0 Å². The van der Waals surface area contributed by atoms with Crippen LogP contribution in [0.5, 0.6) is 5.75 Å². The van der Waals surface area contributed by atoms with Gasteiger partial charge in [0, 0.05) is 6.54 Å². The van der Waals surface area contributed by atoms with Gasteiger partial charge in [-0.1, -0.05) is 6.07 Å². The Morgan fingerprint density at radius 1 is 1.47 bits per heavy atom. The zero-order valence-corrected chi connectivity index (χ0v) is 9.75. The van der Waals surface area contributed by atoms with Crippen molar-refractivity contribution in [3.63, 3.8) is 0 Å². The predicted molar refractivity (Wildman–Crippen MR) is 60.5 cm³/mol. The highest BCUT2D eigenvalue weighted by Crippen LogP contribution is 2.36. The third-order valence-corrected chi connectivity index (χ3v) is 3.05. The van der Waals surface area contributed by atoms with Crippen LogP contribution in [0.1, 0.15) is 23.3 Å². The van der Waals surface area contributed by atoms with Crippen molar-refractivity contribution < 1.29 is 19.7 Å². The summed E-state index contributed by atoms with van der Waals surface area (Å²) in [7, 11) is 3.09. The fraction of sp³-hybridized carbons (Fsp3) is 0.417. The topological polar surface area (TPSA) is 70.0 Å². The van der Waals surface area contributed by atoms with E-state index in [-0.39, 0.29) is 11.7 Å². The molecule has 0 fully saturated rings. The first-order valence-electron chi connectivity index (χ1n) is 5.33. The molecule has 0 amide bonds. The molecule has 2 unspecified atom stereocenters. The van der Waals surface area contributed by atoms with Gasteiger partial charge in [-0.3, -0.25) is 4.90 Å². The Hall–Kier alpha value is -1.59. The van der Waals surface area contributed by atoms with Crippen LogP contribution in [0.25, 0.3) is 0 Å². The van der Waals surface area contributed by atoms with Gasteiger partial charge in [-0.2, -0.15) is 0 Å². The number of aromatic hydroxyl groups is 1. The maximum Gasteiger partial charge on any atom is 0.327 e. The number of β-amino-alcohol motifs (C(OH)–C–C–N with tert-alkyl or cyclic N) is 1. The largest absolute Gasteiger partial charge is 0.508 e. The molecule has 0 bridgehead atoms. The third-order valence-electron chi connectivity index (χ3n) is 3.05. The van der Waals surface area contributed by atoms with Crippen LogP contribution in [0.15, 0.2) is 18.2 Å². The molecule has 5 heteroatoms. The van der Waals surface area contributed by atoms with E-state index in [4.69, 9.17) is 4.74 Å². The maximum atomic E-state index is 11.7. The molecule has 5 nitrogen and oxygen atoms in total. The first kappa shape index (κ1) is 11.9. The third kappa shape index (κ3) is 1.99. The van der Waals surface area contributed by atoms with E-state index in [0.717, 1.165) is 0 Å². The van der Waals surface area contributed by atoms with Crippen LogP contribution < -0.4 is 0 Å². The summed E-state index contributed by atoms with van der Waals surface area (Å²) in [5.41, 5.74) is 1.26. The second-order valence-corrected chi connectivity index (χ2v) is 4.19. The van der Waals surface area contributed by atoms with Gasteiger partial charge < -0.3 is 14.9 Å². The van der Waals surface area contributed by atoms with Crippen molar-refractivity contribution in [2.24, 2.45) is 0 Å². The van der Waals surface area contributed by atoms with E-state index in [2.05, 4.69) is 0 Å². The van der Waals surface area contributed by atoms with E-state index in [9.17, 15) is 15.0 Å². The Bertz CT molecular complexity index is 446. The molecule has 2 atom stereocenters. The molecule has 1 aliphatic heterocycles. The van der Waals surface area contributed by atoms with E-state index in [1.165, 1.54) is 19.2 Å². The number of nitrogens with zero attached hydrogens (tertiary/aromatic N) is 1. The number of esters is 1. The van der Waals surface area contributed by atoms with Gasteiger partial charge in [0.15, 0.2) is 0 Å². The van der Waals surface area contributed by atoms with Gasteiger partial charge in [-0.05, 0) is 30.3 Å². The zero-order chi connectivity index (χ0) is 12.6. The predicted octanol–water partition coefficient (Wildman–Crippen LogP) is 0.585. The number of phenols is 1. The lowest BCUT2D eigenvalue weighted by Crippen LogP contribution is -2.39. The Labute approximate surface area is 99.2 Å². The van der Waals surface area contributed by atoms with Crippen molar-refractivity contribution in [2.45, 2.75) is 12.1 Å².